The number of carbonyl (C=O) groups is 2. The normalized spacial score (nSPS) is 13.6. The summed E-state index contributed by atoms with van der Waals surface area (Å²) >= 11 is 3.16. The van der Waals surface area contributed by atoms with Gasteiger partial charge >= 0.3 is 0 Å². The van der Waals surface area contributed by atoms with E-state index in [1.807, 2.05) is 42.5 Å². The SMILES string of the molecule is CSc1ccc(CN(C)C(=O)c2ccccc2SCC(=O)N2CCCC2)cc1. The molecule has 0 unspecified atom stereocenters. The quantitative estimate of drug-likeness (QED) is 0.630. The average Bonchev–Trinajstić information content (AvgIpc) is 3.27. The van der Waals surface area contributed by atoms with Crippen LogP contribution in [0.5, 0.6) is 0 Å². The molecule has 4 nitrogen and oxygen atoms in total. The second-order valence-electron chi connectivity index (χ2n) is 6.88. The van der Waals surface area contributed by atoms with Gasteiger partial charge in [-0.25, -0.2) is 0 Å². The van der Waals surface area contributed by atoms with E-state index >= 15 is 0 Å². The number of benzene rings is 2. The predicted octanol–water partition coefficient (Wildman–Crippen LogP) is 4.40. The van der Waals surface area contributed by atoms with Crippen LogP contribution < -0.4 is 0 Å². The van der Waals surface area contributed by atoms with E-state index < -0.39 is 0 Å². The number of likely N-dealkylation sites (tertiary alicyclic amines) is 1. The first-order valence-corrected chi connectivity index (χ1v) is 11.7. The first kappa shape index (κ1) is 20.8. The van der Waals surface area contributed by atoms with Crippen molar-refractivity contribution in [2.24, 2.45) is 0 Å². The molecule has 0 bridgehead atoms. The highest BCUT2D eigenvalue weighted by Crippen LogP contribution is 2.25. The first-order valence-electron chi connectivity index (χ1n) is 9.46. The van der Waals surface area contributed by atoms with Crippen molar-refractivity contribution in [1.29, 1.82) is 0 Å². The molecule has 1 saturated heterocycles. The molecule has 6 heteroatoms. The van der Waals surface area contributed by atoms with Crippen LogP contribution in [-0.2, 0) is 11.3 Å². The molecule has 0 N–H and O–H groups in total. The Morgan fingerprint density at radius 3 is 2.39 bits per heavy atom. The van der Waals surface area contributed by atoms with Gasteiger partial charge in [-0.1, -0.05) is 24.3 Å². The molecule has 0 spiro atoms. The topological polar surface area (TPSA) is 40.6 Å². The molecule has 2 aromatic rings. The van der Waals surface area contributed by atoms with Crippen LogP contribution in [0.15, 0.2) is 58.3 Å². The highest BCUT2D eigenvalue weighted by Gasteiger charge is 2.20. The first-order chi connectivity index (χ1) is 13.6. The van der Waals surface area contributed by atoms with Crippen LogP contribution in [0.25, 0.3) is 0 Å². The van der Waals surface area contributed by atoms with E-state index in [0.29, 0.717) is 17.9 Å². The fourth-order valence-corrected chi connectivity index (χ4v) is 4.60. The number of hydrogen-bond acceptors (Lipinski definition) is 4. The molecule has 2 amide bonds. The number of thioether (sulfide) groups is 2. The molecule has 1 fully saturated rings. The molecule has 0 aliphatic carbocycles. The van der Waals surface area contributed by atoms with Gasteiger partial charge in [0.15, 0.2) is 0 Å². The largest absolute Gasteiger partial charge is 0.342 e. The monoisotopic (exact) mass is 414 g/mol. The minimum atomic E-state index is -0.0225. The molecule has 1 heterocycles. The van der Waals surface area contributed by atoms with Crippen LogP contribution in [0.3, 0.4) is 0 Å². The summed E-state index contributed by atoms with van der Waals surface area (Å²) in [6, 6.07) is 15.8. The summed E-state index contributed by atoms with van der Waals surface area (Å²) in [6.45, 7) is 2.27. The summed E-state index contributed by atoms with van der Waals surface area (Å²) in [6.07, 6.45) is 4.23. The summed E-state index contributed by atoms with van der Waals surface area (Å²) in [7, 11) is 1.82. The van der Waals surface area contributed by atoms with Gasteiger partial charge in [0, 0.05) is 36.5 Å². The molecular formula is C22H26N2O2S2. The zero-order chi connectivity index (χ0) is 19.9. The lowest BCUT2D eigenvalue weighted by molar-refractivity contribution is -0.127. The second kappa shape index (κ2) is 10.0. The Bertz CT molecular complexity index is 818. The molecule has 0 atom stereocenters. The molecule has 148 valence electrons. The molecule has 0 saturated carbocycles. The Hall–Kier alpha value is -1.92. The maximum Gasteiger partial charge on any atom is 0.255 e. The third kappa shape index (κ3) is 5.32. The maximum atomic E-state index is 13.0. The summed E-state index contributed by atoms with van der Waals surface area (Å²) < 4.78 is 0. The molecular weight excluding hydrogens is 388 g/mol. The van der Waals surface area contributed by atoms with Crippen LogP contribution in [0.4, 0.5) is 0 Å². The van der Waals surface area contributed by atoms with Crippen molar-refractivity contribution in [3.8, 4) is 0 Å². The Balaban J connectivity index is 1.64. The highest BCUT2D eigenvalue weighted by atomic mass is 32.2. The predicted molar refractivity (Wildman–Crippen MR) is 117 cm³/mol. The Kier molecular flexibility index (Phi) is 7.45. The average molecular weight is 415 g/mol. The number of carbonyl (C=O) groups excluding carboxylic acids is 2. The third-order valence-corrected chi connectivity index (χ3v) is 6.65. The summed E-state index contributed by atoms with van der Waals surface area (Å²) in [5.74, 6) is 0.516. The van der Waals surface area contributed by atoms with Gasteiger partial charge in [0.1, 0.15) is 0 Å². The smallest absolute Gasteiger partial charge is 0.255 e. The molecule has 1 aliphatic rings. The zero-order valence-electron chi connectivity index (χ0n) is 16.4. The highest BCUT2D eigenvalue weighted by molar-refractivity contribution is 8.00. The van der Waals surface area contributed by atoms with E-state index in [-0.39, 0.29) is 11.8 Å². The van der Waals surface area contributed by atoms with Crippen molar-refractivity contribution in [1.82, 2.24) is 9.80 Å². The van der Waals surface area contributed by atoms with Crippen molar-refractivity contribution >= 4 is 35.3 Å². The second-order valence-corrected chi connectivity index (χ2v) is 8.78. The lowest BCUT2D eigenvalue weighted by atomic mass is 10.1. The maximum absolute atomic E-state index is 13.0. The van der Waals surface area contributed by atoms with E-state index in [0.717, 1.165) is 36.4 Å². The summed E-state index contributed by atoms with van der Waals surface area (Å²) in [4.78, 5) is 31.1. The van der Waals surface area contributed by atoms with Crippen LogP contribution in [0, 0.1) is 0 Å². The van der Waals surface area contributed by atoms with Crippen LogP contribution in [0.1, 0.15) is 28.8 Å². The van der Waals surface area contributed by atoms with Crippen molar-refractivity contribution in [2.75, 3.05) is 32.1 Å². The van der Waals surface area contributed by atoms with Gasteiger partial charge in [-0.05, 0) is 48.9 Å². The van der Waals surface area contributed by atoms with Gasteiger partial charge in [0.2, 0.25) is 5.91 Å². The summed E-state index contributed by atoms with van der Waals surface area (Å²) in [5.41, 5.74) is 1.76. The zero-order valence-corrected chi connectivity index (χ0v) is 18.0. The summed E-state index contributed by atoms with van der Waals surface area (Å²) in [5, 5.41) is 0. The van der Waals surface area contributed by atoms with Gasteiger partial charge in [-0.3, -0.25) is 9.59 Å². The lowest BCUT2D eigenvalue weighted by Crippen LogP contribution is -2.29. The van der Waals surface area contributed by atoms with Gasteiger partial charge in [0.25, 0.3) is 5.91 Å². The fourth-order valence-electron chi connectivity index (χ4n) is 3.25. The van der Waals surface area contributed by atoms with Crippen LogP contribution >= 0.6 is 23.5 Å². The number of hydrogen-bond donors (Lipinski definition) is 0. The third-order valence-electron chi connectivity index (χ3n) is 4.85. The van der Waals surface area contributed by atoms with Gasteiger partial charge in [-0.15, -0.1) is 23.5 Å². The van der Waals surface area contributed by atoms with Gasteiger partial charge in [-0.2, -0.15) is 0 Å². The Morgan fingerprint density at radius 1 is 1.04 bits per heavy atom. The molecule has 2 aromatic carbocycles. The molecule has 0 radical (unpaired) electrons. The van der Waals surface area contributed by atoms with Crippen LogP contribution in [0.2, 0.25) is 0 Å². The van der Waals surface area contributed by atoms with E-state index in [2.05, 4.69) is 24.3 Å². The standard InChI is InChI=1S/C22H26N2O2S2/c1-23(15-17-9-11-18(27-2)12-10-17)22(26)19-7-3-4-8-20(19)28-16-21(25)24-13-5-6-14-24/h3-4,7-12H,5-6,13-16H2,1-2H3. The Labute approximate surface area is 175 Å². The van der Waals surface area contributed by atoms with E-state index in [1.54, 1.807) is 16.7 Å². The van der Waals surface area contributed by atoms with Gasteiger partial charge < -0.3 is 9.80 Å². The molecule has 0 aromatic heterocycles. The lowest BCUT2D eigenvalue weighted by Gasteiger charge is -2.20. The number of nitrogens with zero attached hydrogens (tertiary/aromatic N) is 2. The molecule has 1 aliphatic heterocycles. The number of amides is 2. The Morgan fingerprint density at radius 2 is 1.71 bits per heavy atom. The van der Waals surface area contributed by atoms with Crippen molar-refractivity contribution in [3.05, 3.63) is 59.7 Å². The van der Waals surface area contributed by atoms with Crippen LogP contribution in [-0.4, -0.2) is 53.8 Å². The van der Waals surface area contributed by atoms with Gasteiger partial charge in [0.05, 0.1) is 11.3 Å². The molecule has 3 rings (SSSR count). The molecule has 28 heavy (non-hydrogen) atoms. The van der Waals surface area contributed by atoms with Crippen molar-refractivity contribution in [3.63, 3.8) is 0 Å². The minimum absolute atomic E-state index is 0.0225. The van der Waals surface area contributed by atoms with Crippen molar-refractivity contribution in [2.45, 2.75) is 29.2 Å². The van der Waals surface area contributed by atoms with Crippen molar-refractivity contribution < 1.29 is 9.59 Å². The fraction of sp³-hybridized carbons (Fsp3) is 0.364. The number of rotatable bonds is 7. The van der Waals surface area contributed by atoms with E-state index in [4.69, 9.17) is 0 Å². The van der Waals surface area contributed by atoms with E-state index in [1.165, 1.54) is 16.7 Å². The van der Waals surface area contributed by atoms with E-state index in [9.17, 15) is 9.59 Å². The minimum Gasteiger partial charge on any atom is -0.342 e.